The van der Waals surface area contributed by atoms with Crippen LogP contribution < -0.4 is 0 Å². The van der Waals surface area contributed by atoms with Crippen molar-refractivity contribution in [2.24, 2.45) is 0 Å². The Morgan fingerprint density at radius 2 is 2.00 bits per heavy atom. The maximum atomic E-state index is 11.8. The number of hydrogen-bond acceptors (Lipinski definition) is 2. The Morgan fingerprint density at radius 1 is 1.33 bits per heavy atom. The van der Waals surface area contributed by atoms with Gasteiger partial charge in [0.25, 0.3) is 5.91 Å². The van der Waals surface area contributed by atoms with Gasteiger partial charge in [-0.15, -0.1) is 0 Å². The van der Waals surface area contributed by atoms with Gasteiger partial charge >= 0.3 is 0 Å². The van der Waals surface area contributed by atoms with Crippen LogP contribution in [-0.2, 0) is 4.79 Å². The molecule has 0 heterocycles. The molecule has 0 aromatic heterocycles. The van der Waals surface area contributed by atoms with Crippen molar-refractivity contribution in [3.05, 3.63) is 35.9 Å². The van der Waals surface area contributed by atoms with Crippen LogP contribution in [0.15, 0.2) is 30.3 Å². The SMILES string of the molecule is CN(CCCC=O)C(=O)c1ccccc1. The van der Waals surface area contributed by atoms with Gasteiger partial charge < -0.3 is 9.69 Å². The first-order valence-electron chi connectivity index (χ1n) is 5.00. The molecule has 3 heteroatoms. The average molecular weight is 205 g/mol. The zero-order valence-corrected chi connectivity index (χ0v) is 8.85. The molecule has 0 saturated carbocycles. The summed E-state index contributed by atoms with van der Waals surface area (Å²) in [5, 5.41) is 0. The number of carbonyl (C=O) groups excluding carboxylic acids is 2. The summed E-state index contributed by atoms with van der Waals surface area (Å²) in [5.41, 5.74) is 0.686. The van der Waals surface area contributed by atoms with Crippen molar-refractivity contribution in [3.63, 3.8) is 0 Å². The molecule has 0 atom stereocenters. The van der Waals surface area contributed by atoms with E-state index in [-0.39, 0.29) is 5.91 Å². The minimum Gasteiger partial charge on any atom is -0.342 e. The van der Waals surface area contributed by atoms with Crippen molar-refractivity contribution < 1.29 is 9.59 Å². The fraction of sp³-hybridized carbons (Fsp3) is 0.333. The third kappa shape index (κ3) is 3.54. The Bertz CT molecular complexity index is 322. The zero-order chi connectivity index (χ0) is 11.1. The van der Waals surface area contributed by atoms with Gasteiger partial charge in [0.1, 0.15) is 6.29 Å². The van der Waals surface area contributed by atoms with Gasteiger partial charge in [-0.25, -0.2) is 0 Å². The third-order valence-electron chi connectivity index (χ3n) is 2.18. The summed E-state index contributed by atoms with van der Waals surface area (Å²) in [6, 6.07) is 9.14. The topological polar surface area (TPSA) is 37.4 Å². The van der Waals surface area contributed by atoms with Crippen molar-refractivity contribution in [3.8, 4) is 0 Å². The third-order valence-corrected chi connectivity index (χ3v) is 2.18. The molecule has 0 aliphatic rings. The second-order valence-corrected chi connectivity index (χ2v) is 3.40. The molecule has 1 aromatic rings. The van der Waals surface area contributed by atoms with Crippen LogP contribution in [0.1, 0.15) is 23.2 Å². The zero-order valence-electron chi connectivity index (χ0n) is 8.85. The lowest BCUT2D eigenvalue weighted by atomic mass is 10.2. The first-order chi connectivity index (χ1) is 7.25. The van der Waals surface area contributed by atoms with Crippen molar-refractivity contribution in [2.75, 3.05) is 13.6 Å². The monoisotopic (exact) mass is 205 g/mol. The van der Waals surface area contributed by atoms with E-state index in [2.05, 4.69) is 0 Å². The highest BCUT2D eigenvalue weighted by molar-refractivity contribution is 5.93. The molecule has 0 unspecified atom stereocenters. The molecule has 0 spiro atoms. The van der Waals surface area contributed by atoms with E-state index in [0.717, 1.165) is 12.7 Å². The summed E-state index contributed by atoms with van der Waals surface area (Å²) in [6.07, 6.45) is 2.10. The van der Waals surface area contributed by atoms with Crippen LogP contribution in [0.25, 0.3) is 0 Å². The summed E-state index contributed by atoms with van der Waals surface area (Å²) in [5.74, 6) is 0.00139. The van der Waals surface area contributed by atoms with E-state index in [1.165, 1.54) is 0 Å². The molecule has 0 radical (unpaired) electrons. The van der Waals surface area contributed by atoms with Crippen molar-refractivity contribution >= 4 is 12.2 Å². The minimum absolute atomic E-state index is 0.00139. The number of carbonyl (C=O) groups is 2. The fourth-order valence-electron chi connectivity index (χ4n) is 1.31. The highest BCUT2D eigenvalue weighted by Gasteiger charge is 2.09. The Kier molecular flexibility index (Phi) is 4.54. The Labute approximate surface area is 89.7 Å². The van der Waals surface area contributed by atoms with E-state index < -0.39 is 0 Å². The first kappa shape index (κ1) is 11.4. The number of amides is 1. The summed E-state index contributed by atoms with van der Waals surface area (Å²) >= 11 is 0. The lowest BCUT2D eigenvalue weighted by Gasteiger charge is -2.16. The Morgan fingerprint density at radius 3 is 2.60 bits per heavy atom. The molecular weight excluding hydrogens is 190 g/mol. The molecule has 1 amide bonds. The number of hydrogen-bond donors (Lipinski definition) is 0. The second kappa shape index (κ2) is 5.96. The molecule has 0 fully saturated rings. The van der Waals surface area contributed by atoms with E-state index in [9.17, 15) is 9.59 Å². The number of aldehydes is 1. The molecule has 0 N–H and O–H groups in total. The van der Waals surface area contributed by atoms with E-state index in [1.807, 2.05) is 18.2 Å². The summed E-state index contributed by atoms with van der Waals surface area (Å²) in [4.78, 5) is 23.5. The van der Waals surface area contributed by atoms with Crippen LogP contribution in [0.5, 0.6) is 0 Å². The second-order valence-electron chi connectivity index (χ2n) is 3.40. The Hall–Kier alpha value is -1.64. The van der Waals surface area contributed by atoms with Crippen molar-refractivity contribution in [1.29, 1.82) is 0 Å². The molecule has 3 nitrogen and oxygen atoms in total. The highest BCUT2D eigenvalue weighted by atomic mass is 16.2. The fourth-order valence-corrected chi connectivity index (χ4v) is 1.31. The summed E-state index contributed by atoms with van der Waals surface area (Å²) in [6.45, 7) is 0.618. The van der Waals surface area contributed by atoms with Crippen LogP contribution in [0.2, 0.25) is 0 Å². The maximum absolute atomic E-state index is 11.8. The largest absolute Gasteiger partial charge is 0.342 e. The normalized spacial score (nSPS) is 9.67. The van der Waals surface area contributed by atoms with Crippen LogP contribution >= 0.6 is 0 Å². The van der Waals surface area contributed by atoms with E-state index in [0.29, 0.717) is 18.5 Å². The van der Waals surface area contributed by atoms with E-state index in [1.54, 1.807) is 24.1 Å². The molecule has 0 bridgehead atoms. The standard InChI is InChI=1S/C12H15NO2/c1-13(9-5-6-10-14)12(15)11-7-3-2-4-8-11/h2-4,7-8,10H,5-6,9H2,1H3. The van der Waals surface area contributed by atoms with Crippen LogP contribution in [0.4, 0.5) is 0 Å². The molecule has 0 aliphatic carbocycles. The molecule has 15 heavy (non-hydrogen) atoms. The van der Waals surface area contributed by atoms with Gasteiger partial charge in [0.15, 0.2) is 0 Å². The lowest BCUT2D eigenvalue weighted by molar-refractivity contribution is -0.107. The van der Waals surface area contributed by atoms with Gasteiger partial charge in [0.05, 0.1) is 0 Å². The summed E-state index contributed by atoms with van der Waals surface area (Å²) < 4.78 is 0. The van der Waals surface area contributed by atoms with Crippen molar-refractivity contribution in [1.82, 2.24) is 4.90 Å². The molecule has 1 rings (SSSR count). The van der Waals surface area contributed by atoms with E-state index in [4.69, 9.17) is 0 Å². The average Bonchev–Trinajstić information content (AvgIpc) is 2.29. The number of nitrogens with zero attached hydrogens (tertiary/aromatic N) is 1. The minimum atomic E-state index is 0.00139. The van der Waals surface area contributed by atoms with E-state index >= 15 is 0 Å². The van der Waals surface area contributed by atoms with Gasteiger partial charge in [-0.2, -0.15) is 0 Å². The van der Waals surface area contributed by atoms with Crippen LogP contribution in [0.3, 0.4) is 0 Å². The van der Waals surface area contributed by atoms with Gasteiger partial charge in [0.2, 0.25) is 0 Å². The maximum Gasteiger partial charge on any atom is 0.253 e. The van der Waals surface area contributed by atoms with Gasteiger partial charge in [-0.05, 0) is 18.6 Å². The van der Waals surface area contributed by atoms with Crippen LogP contribution in [0, 0.1) is 0 Å². The number of rotatable bonds is 5. The number of unbranched alkanes of at least 4 members (excludes halogenated alkanes) is 1. The van der Waals surface area contributed by atoms with Crippen molar-refractivity contribution in [2.45, 2.75) is 12.8 Å². The first-order valence-corrected chi connectivity index (χ1v) is 5.00. The lowest BCUT2D eigenvalue weighted by Crippen LogP contribution is -2.27. The molecular formula is C12H15NO2. The highest BCUT2D eigenvalue weighted by Crippen LogP contribution is 2.03. The number of benzene rings is 1. The van der Waals surface area contributed by atoms with Gasteiger partial charge in [-0.3, -0.25) is 4.79 Å². The quantitative estimate of drug-likeness (QED) is 0.542. The predicted octanol–water partition coefficient (Wildman–Crippen LogP) is 1.74. The predicted molar refractivity (Wildman–Crippen MR) is 58.7 cm³/mol. The molecule has 0 aliphatic heterocycles. The van der Waals surface area contributed by atoms with Gasteiger partial charge in [0, 0.05) is 25.6 Å². The molecule has 1 aromatic carbocycles. The smallest absolute Gasteiger partial charge is 0.253 e. The molecule has 0 saturated heterocycles. The van der Waals surface area contributed by atoms with Gasteiger partial charge in [-0.1, -0.05) is 18.2 Å². The molecule has 80 valence electrons. The van der Waals surface area contributed by atoms with Crippen LogP contribution in [-0.4, -0.2) is 30.7 Å². The summed E-state index contributed by atoms with van der Waals surface area (Å²) in [7, 11) is 1.75. The Balaban J connectivity index is 2.50.